The second-order valence-corrected chi connectivity index (χ2v) is 14.7. The van der Waals surface area contributed by atoms with E-state index in [0.29, 0.717) is 0 Å². The molecule has 23 heavy (non-hydrogen) atoms. The Morgan fingerprint density at radius 3 is 2.30 bits per heavy atom. The molecule has 0 heterocycles. The van der Waals surface area contributed by atoms with E-state index in [-0.39, 0.29) is 10.8 Å². The fourth-order valence-electron chi connectivity index (χ4n) is 1.96. The third-order valence-electron chi connectivity index (χ3n) is 3.27. The van der Waals surface area contributed by atoms with Gasteiger partial charge in [0.2, 0.25) is 0 Å². The predicted molar refractivity (Wildman–Crippen MR) is 105 cm³/mol. The molecular weight excluding hydrogens is 318 g/mol. The maximum Gasteiger partial charge on any atom is 0.129 e. The van der Waals surface area contributed by atoms with Crippen molar-refractivity contribution in [3.05, 3.63) is 35.9 Å². The molecule has 2 nitrogen and oxygen atoms in total. The lowest BCUT2D eigenvalue weighted by Gasteiger charge is -2.23. The highest BCUT2D eigenvalue weighted by molar-refractivity contribution is 7.84. The largest absolute Gasteiger partial charge is 0.242 e. The average Bonchev–Trinajstić information content (AvgIpc) is 2.43. The molecule has 0 saturated heterocycles. The first kappa shape index (κ1) is 20.2. The van der Waals surface area contributed by atoms with Crippen LogP contribution < -0.4 is 4.72 Å². The van der Waals surface area contributed by atoms with Gasteiger partial charge in [0.25, 0.3) is 0 Å². The first-order valence-electron chi connectivity index (χ1n) is 8.30. The SMILES string of the molecule is CC(C)(C)[S@@](=O)N[C@@H](CC#C[Si](C)(C)C)CCc1ccccc1. The van der Waals surface area contributed by atoms with Gasteiger partial charge in [-0.25, -0.2) is 8.93 Å². The molecule has 0 saturated carbocycles. The molecule has 0 aliphatic carbocycles. The van der Waals surface area contributed by atoms with Crippen LogP contribution >= 0.6 is 0 Å². The summed E-state index contributed by atoms with van der Waals surface area (Å²) in [4.78, 5) is 0. The van der Waals surface area contributed by atoms with Crippen molar-refractivity contribution >= 4 is 19.1 Å². The minimum absolute atomic E-state index is 0.166. The summed E-state index contributed by atoms with van der Waals surface area (Å²) in [7, 11) is -2.41. The van der Waals surface area contributed by atoms with Crippen molar-refractivity contribution in [2.24, 2.45) is 0 Å². The van der Waals surface area contributed by atoms with Crippen molar-refractivity contribution in [1.82, 2.24) is 4.72 Å². The fourth-order valence-corrected chi connectivity index (χ4v) is 3.45. The van der Waals surface area contributed by atoms with Crippen LogP contribution in [-0.4, -0.2) is 23.1 Å². The van der Waals surface area contributed by atoms with Gasteiger partial charge < -0.3 is 0 Å². The van der Waals surface area contributed by atoms with Gasteiger partial charge in [-0.15, -0.1) is 11.5 Å². The lowest BCUT2D eigenvalue weighted by molar-refractivity contribution is 0.559. The Labute approximate surface area is 146 Å². The van der Waals surface area contributed by atoms with Gasteiger partial charge in [0.1, 0.15) is 8.07 Å². The predicted octanol–water partition coefficient (Wildman–Crippen LogP) is 4.31. The summed E-state index contributed by atoms with van der Waals surface area (Å²) in [6.07, 6.45) is 2.69. The number of aryl methyl sites for hydroxylation is 1. The van der Waals surface area contributed by atoms with E-state index in [1.165, 1.54) is 5.56 Å². The van der Waals surface area contributed by atoms with E-state index < -0.39 is 19.1 Å². The summed E-state index contributed by atoms with van der Waals surface area (Å²) in [5.41, 5.74) is 4.73. The van der Waals surface area contributed by atoms with Crippen LogP contribution in [0.4, 0.5) is 0 Å². The Morgan fingerprint density at radius 2 is 1.78 bits per heavy atom. The molecule has 0 radical (unpaired) electrons. The number of nitrogens with one attached hydrogen (secondary N) is 1. The van der Waals surface area contributed by atoms with E-state index in [1.54, 1.807) is 0 Å². The van der Waals surface area contributed by atoms with Crippen LogP contribution in [-0.2, 0) is 17.4 Å². The molecule has 0 aliphatic rings. The van der Waals surface area contributed by atoms with Crippen LogP contribution in [0.5, 0.6) is 0 Å². The molecule has 4 heteroatoms. The zero-order chi connectivity index (χ0) is 17.5. The Bertz CT molecular complexity index is 561. The summed E-state index contributed by atoms with van der Waals surface area (Å²) in [6.45, 7) is 12.7. The number of benzene rings is 1. The molecule has 0 amide bonds. The van der Waals surface area contributed by atoms with Crippen molar-refractivity contribution in [1.29, 1.82) is 0 Å². The van der Waals surface area contributed by atoms with Crippen LogP contribution in [0.2, 0.25) is 19.6 Å². The Kier molecular flexibility index (Phi) is 7.73. The van der Waals surface area contributed by atoms with Crippen molar-refractivity contribution in [3.63, 3.8) is 0 Å². The first-order chi connectivity index (χ1) is 10.6. The van der Waals surface area contributed by atoms with E-state index in [0.717, 1.165) is 19.3 Å². The van der Waals surface area contributed by atoms with Crippen LogP contribution in [0.25, 0.3) is 0 Å². The minimum atomic E-state index is -1.35. The fraction of sp³-hybridized carbons (Fsp3) is 0.579. The van der Waals surface area contributed by atoms with Gasteiger partial charge in [-0.05, 0) is 39.2 Å². The van der Waals surface area contributed by atoms with Gasteiger partial charge in [0.05, 0.1) is 15.7 Å². The third kappa shape index (κ3) is 9.10. The van der Waals surface area contributed by atoms with Gasteiger partial charge >= 0.3 is 0 Å². The average molecular weight is 350 g/mol. The maximum atomic E-state index is 12.4. The lowest BCUT2D eigenvalue weighted by Crippen LogP contribution is -2.40. The van der Waals surface area contributed by atoms with E-state index in [2.05, 4.69) is 60.1 Å². The van der Waals surface area contributed by atoms with Crippen LogP contribution in [0, 0.1) is 11.5 Å². The first-order valence-corrected chi connectivity index (χ1v) is 12.9. The van der Waals surface area contributed by atoms with Gasteiger partial charge in [-0.3, -0.25) is 0 Å². The molecule has 2 atom stereocenters. The summed E-state index contributed by atoms with van der Waals surface area (Å²) in [5, 5.41) is 0. The Morgan fingerprint density at radius 1 is 1.17 bits per heavy atom. The molecule has 1 N–H and O–H groups in total. The highest BCUT2D eigenvalue weighted by Crippen LogP contribution is 2.13. The maximum absolute atomic E-state index is 12.4. The highest BCUT2D eigenvalue weighted by Gasteiger charge is 2.22. The summed E-state index contributed by atoms with van der Waals surface area (Å²) in [6, 6.07) is 10.6. The van der Waals surface area contributed by atoms with E-state index in [1.807, 2.05) is 26.8 Å². The van der Waals surface area contributed by atoms with Crippen LogP contribution in [0.15, 0.2) is 30.3 Å². The van der Waals surface area contributed by atoms with E-state index >= 15 is 0 Å². The van der Waals surface area contributed by atoms with Crippen molar-refractivity contribution in [3.8, 4) is 11.5 Å². The molecule has 1 aromatic carbocycles. The van der Waals surface area contributed by atoms with Crippen LogP contribution in [0.1, 0.15) is 39.2 Å². The Hall–Kier alpha value is -0.893. The lowest BCUT2D eigenvalue weighted by atomic mass is 10.0. The number of hydrogen-bond acceptors (Lipinski definition) is 1. The second kappa shape index (κ2) is 8.82. The summed E-state index contributed by atoms with van der Waals surface area (Å²) in [5.74, 6) is 3.33. The van der Waals surface area contributed by atoms with E-state index in [4.69, 9.17) is 0 Å². The molecular formula is C19H31NOSSi. The van der Waals surface area contributed by atoms with Gasteiger partial charge in [0, 0.05) is 12.5 Å². The smallest absolute Gasteiger partial charge is 0.129 e. The molecule has 1 aromatic rings. The zero-order valence-electron chi connectivity index (χ0n) is 15.4. The quantitative estimate of drug-likeness (QED) is 0.602. The molecule has 1 rings (SSSR count). The highest BCUT2D eigenvalue weighted by atomic mass is 32.2. The van der Waals surface area contributed by atoms with Gasteiger partial charge in [-0.2, -0.15) is 0 Å². The van der Waals surface area contributed by atoms with Crippen molar-refractivity contribution in [2.45, 2.75) is 70.5 Å². The standard InChI is InChI=1S/C19H31NOSSi/c1-19(2,3)22(21)20-18(13-10-16-23(4,5)6)15-14-17-11-8-7-9-12-17/h7-9,11-12,18,20H,13-15H2,1-6H3/t18-,22+/m0/s1. The second-order valence-electron chi connectivity index (χ2n) is 7.98. The molecule has 0 spiro atoms. The third-order valence-corrected chi connectivity index (χ3v) is 5.85. The number of hydrogen-bond donors (Lipinski definition) is 1. The van der Waals surface area contributed by atoms with Crippen LogP contribution in [0.3, 0.4) is 0 Å². The molecule has 128 valence electrons. The zero-order valence-corrected chi connectivity index (χ0v) is 17.2. The molecule has 0 unspecified atom stereocenters. The van der Waals surface area contributed by atoms with Gasteiger partial charge in [-0.1, -0.05) is 50.0 Å². The molecule has 0 aromatic heterocycles. The normalized spacial score (nSPS) is 14.7. The van der Waals surface area contributed by atoms with E-state index in [9.17, 15) is 4.21 Å². The topological polar surface area (TPSA) is 29.1 Å². The summed E-state index contributed by atoms with van der Waals surface area (Å²) < 4.78 is 15.5. The molecule has 0 fully saturated rings. The monoisotopic (exact) mass is 349 g/mol. The molecule has 0 aliphatic heterocycles. The summed E-state index contributed by atoms with van der Waals surface area (Å²) >= 11 is 0. The molecule has 0 bridgehead atoms. The number of rotatable bonds is 6. The Balaban J connectivity index is 2.71. The minimum Gasteiger partial charge on any atom is -0.242 e. The van der Waals surface area contributed by atoms with Crippen molar-refractivity contribution < 1.29 is 4.21 Å². The van der Waals surface area contributed by atoms with Gasteiger partial charge in [0.15, 0.2) is 0 Å². The van der Waals surface area contributed by atoms with Crippen molar-refractivity contribution in [2.75, 3.05) is 0 Å².